The zero-order valence-electron chi connectivity index (χ0n) is 22.4. The molecular formula is C26H41FLiN3O5S-2. The second-order valence-corrected chi connectivity index (χ2v) is 9.89. The third-order valence-electron chi connectivity index (χ3n) is 5.99. The molecule has 0 aromatic heterocycles. The average molecular weight is 534 g/mol. The van der Waals surface area contributed by atoms with Crippen molar-refractivity contribution in [1.29, 1.82) is 0 Å². The number of nitrogens with one attached hydrogen (secondary N) is 2. The number of likely N-dealkylation sites (tertiary alicyclic amines) is 1. The third kappa shape index (κ3) is 19.1. The van der Waals surface area contributed by atoms with E-state index in [0.29, 0.717) is 18.8 Å². The molecule has 1 saturated heterocycles. The molecule has 2 rings (SSSR count). The van der Waals surface area contributed by atoms with E-state index in [1.807, 2.05) is 0 Å². The minimum Gasteiger partial charge on any atom is -0.534 e. The summed E-state index contributed by atoms with van der Waals surface area (Å²) in [5.74, 6) is -0.915. The van der Waals surface area contributed by atoms with E-state index < -0.39 is 22.6 Å². The van der Waals surface area contributed by atoms with Crippen LogP contribution < -0.4 is 28.9 Å². The fourth-order valence-electron chi connectivity index (χ4n) is 4.20. The Balaban J connectivity index is 0.00000142. The van der Waals surface area contributed by atoms with E-state index in [0.717, 1.165) is 44.6 Å². The third-order valence-corrected chi connectivity index (χ3v) is 6.39. The first-order valence-electron chi connectivity index (χ1n) is 12.8. The van der Waals surface area contributed by atoms with E-state index in [1.165, 1.54) is 55.7 Å². The number of amides is 2. The fourth-order valence-corrected chi connectivity index (χ4v) is 4.39. The summed E-state index contributed by atoms with van der Waals surface area (Å²) in [4.78, 5) is 24.1. The number of unbranched alkanes of at least 4 members (excludes halogenated alkanes) is 7. The van der Waals surface area contributed by atoms with Crippen molar-refractivity contribution < 1.29 is 46.4 Å². The molecule has 1 aromatic carbocycles. The first-order chi connectivity index (χ1) is 17.2. The summed E-state index contributed by atoms with van der Waals surface area (Å²) in [6.45, 7) is 8.48. The van der Waals surface area contributed by atoms with Gasteiger partial charge in [0.15, 0.2) is 0 Å². The van der Waals surface area contributed by atoms with Gasteiger partial charge in [0.2, 0.25) is 5.91 Å². The van der Waals surface area contributed by atoms with Gasteiger partial charge in [-0.3, -0.25) is 4.79 Å². The maximum Gasteiger partial charge on any atom is 1.00 e. The molecule has 0 aliphatic carbocycles. The molecule has 37 heavy (non-hydrogen) atoms. The largest absolute Gasteiger partial charge is 1.00 e. The number of nitrogens with zero attached hydrogens (tertiary/aromatic N) is 1. The second-order valence-electron chi connectivity index (χ2n) is 9.22. The predicted octanol–water partition coefficient (Wildman–Crippen LogP) is 1.01. The molecule has 0 spiro atoms. The number of hydrogen-bond acceptors (Lipinski definition) is 7. The Bertz CT molecular complexity index is 844. The average Bonchev–Trinajstić information content (AvgIpc) is 3.22. The minimum absolute atomic E-state index is 0. The van der Waals surface area contributed by atoms with Crippen molar-refractivity contribution >= 4 is 22.7 Å². The molecule has 1 heterocycles. The van der Waals surface area contributed by atoms with Crippen LogP contribution in [0.25, 0.3) is 0 Å². The Morgan fingerprint density at radius 1 is 1.16 bits per heavy atom. The van der Waals surface area contributed by atoms with Crippen molar-refractivity contribution in [3.8, 4) is 5.75 Å². The van der Waals surface area contributed by atoms with Gasteiger partial charge in [0, 0.05) is 48.5 Å². The first kappa shape index (κ1) is 35.3. The van der Waals surface area contributed by atoms with Gasteiger partial charge in [-0.2, -0.15) is 5.56 Å². The Kier molecular flexibility index (Phi) is 20.2. The van der Waals surface area contributed by atoms with E-state index in [9.17, 15) is 27.5 Å². The first-order valence-corrected chi connectivity index (χ1v) is 13.9. The SMILES string of the molecule is CCCCCCCCCCNC(=O)C[C@@H]1CCN(CCc2cc(O)[c-]c(F)c2)C1.[CH2-]C(=O)N[S-](=O)=O.[Li+]. The summed E-state index contributed by atoms with van der Waals surface area (Å²) in [5, 5.41) is 12.5. The molecule has 0 saturated carbocycles. The van der Waals surface area contributed by atoms with Gasteiger partial charge in [0.05, 0.1) is 5.91 Å². The van der Waals surface area contributed by atoms with Crippen molar-refractivity contribution in [2.24, 2.45) is 5.92 Å². The van der Waals surface area contributed by atoms with Crippen LogP contribution in [-0.4, -0.2) is 48.0 Å². The molecule has 1 aromatic rings. The van der Waals surface area contributed by atoms with Crippen LogP contribution in [0.4, 0.5) is 4.39 Å². The second kappa shape index (κ2) is 21.2. The molecule has 0 unspecified atom stereocenters. The van der Waals surface area contributed by atoms with Gasteiger partial charge in [-0.25, -0.2) is 4.39 Å². The smallest absolute Gasteiger partial charge is 0.534 e. The standard InChI is InChI=1S/C24H38FN2O2.C2H3NO3S.Li/c1-2-3-4-5-6-7-8-9-12-26-24(29)17-21-11-14-27(19-21)13-10-20-15-22(25)18-23(28)16-20;1-2(4)3-7(5)6;/h15-16,21,28H,2-14,17,19H2,1H3,(H,26,29);1H2,(H,3,4,5,6);/q-1;-2;+1/t21-;;/m0../s1. The van der Waals surface area contributed by atoms with Gasteiger partial charge in [0.1, 0.15) is 0 Å². The summed E-state index contributed by atoms with van der Waals surface area (Å²) in [6.07, 6.45) is 12.5. The molecule has 1 aliphatic heterocycles. The number of aromatic hydroxyl groups is 1. The molecule has 0 radical (unpaired) electrons. The number of carbonyl (C=O) groups is 2. The van der Waals surface area contributed by atoms with Crippen LogP contribution >= 0.6 is 0 Å². The molecule has 206 valence electrons. The summed E-state index contributed by atoms with van der Waals surface area (Å²) in [7, 11) is -2.51. The van der Waals surface area contributed by atoms with Crippen molar-refractivity contribution in [3.63, 3.8) is 0 Å². The fraction of sp³-hybridized carbons (Fsp3) is 0.654. The van der Waals surface area contributed by atoms with E-state index in [1.54, 1.807) is 6.07 Å². The zero-order valence-corrected chi connectivity index (χ0v) is 23.2. The number of phenolic OH excluding ortho intramolecular Hbond substituents is 1. The van der Waals surface area contributed by atoms with Crippen molar-refractivity contribution in [2.75, 3.05) is 26.2 Å². The number of carbonyl (C=O) groups excluding carboxylic acids is 2. The quantitative estimate of drug-likeness (QED) is 0.134. The van der Waals surface area contributed by atoms with Gasteiger partial charge < -0.3 is 40.2 Å². The van der Waals surface area contributed by atoms with Crippen LogP contribution in [0.15, 0.2) is 12.1 Å². The number of rotatable bonds is 15. The summed E-state index contributed by atoms with van der Waals surface area (Å²) in [6, 6.07) is 5.22. The summed E-state index contributed by atoms with van der Waals surface area (Å²) in [5.41, 5.74) is 0.783. The van der Waals surface area contributed by atoms with Crippen LogP contribution in [0.5, 0.6) is 5.75 Å². The molecule has 1 fully saturated rings. The van der Waals surface area contributed by atoms with Gasteiger partial charge in [-0.05, 0) is 31.7 Å². The van der Waals surface area contributed by atoms with E-state index in [2.05, 4.69) is 30.1 Å². The molecule has 1 aliphatic rings. The number of phenols is 1. The van der Waals surface area contributed by atoms with E-state index in [-0.39, 0.29) is 30.5 Å². The van der Waals surface area contributed by atoms with Crippen LogP contribution in [0, 0.1) is 24.7 Å². The molecule has 11 heteroatoms. The van der Waals surface area contributed by atoms with Crippen molar-refractivity contribution in [3.05, 3.63) is 36.5 Å². The van der Waals surface area contributed by atoms with Crippen LogP contribution in [-0.2, 0) is 35.3 Å². The topological polar surface area (TPSA) is 116 Å². The van der Waals surface area contributed by atoms with Crippen molar-refractivity contribution in [2.45, 2.75) is 77.6 Å². The van der Waals surface area contributed by atoms with Gasteiger partial charge in [0.25, 0.3) is 0 Å². The Labute approximate surface area is 235 Å². The molecule has 2 amide bonds. The van der Waals surface area contributed by atoms with Crippen LogP contribution in [0.1, 0.15) is 76.7 Å². The van der Waals surface area contributed by atoms with Gasteiger partial charge >= 0.3 is 18.9 Å². The Morgan fingerprint density at radius 3 is 2.38 bits per heavy atom. The summed E-state index contributed by atoms with van der Waals surface area (Å²) >= 11 is 0. The van der Waals surface area contributed by atoms with E-state index >= 15 is 0 Å². The van der Waals surface area contributed by atoms with Crippen LogP contribution in [0.2, 0.25) is 0 Å². The van der Waals surface area contributed by atoms with E-state index in [4.69, 9.17) is 0 Å². The zero-order chi connectivity index (χ0) is 26.8. The maximum absolute atomic E-state index is 13.3. The summed E-state index contributed by atoms with van der Waals surface area (Å²) < 4.78 is 33.6. The van der Waals surface area contributed by atoms with Crippen molar-refractivity contribution in [1.82, 2.24) is 14.9 Å². The number of benzene rings is 1. The monoisotopic (exact) mass is 533 g/mol. The molecular weight excluding hydrogens is 492 g/mol. The molecule has 8 nitrogen and oxygen atoms in total. The van der Waals surface area contributed by atoms with Gasteiger partial charge in [-0.15, -0.1) is 18.2 Å². The number of hydrogen-bond donors (Lipinski definition) is 3. The Morgan fingerprint density at radius 2 is 1.81 bits per heavy atom. The molecule has 3 N–H and O–H groups in total. The minimum atomic E-state index is -2.51. The van der Waals surface area contributed by atoms with Crippen LogP contribution in [0.3, 0.4) is 0 Å². The maximum atomic E-state index is 13.3. The predicted molar refractivity (Wildman–Crippen MR) is 138 cm³/mol. The molecule has 1 atom stereocenters. The normalized spacial score (nSPS) is 14.9. The molecule has 0 bridgehead atoms. The number of halogens is 1. The van der Waals surface area contributed by atoms with Gasteiger partial charge in [-0.1, -0.05) is 51.9 Å². The Hall–Kier alpha value is -1.73.